The third kappa shape index (κ3) is 6.39. The van der Waals surface area contributed by atoms with Crippen LogP contribution < -0.4 is 22.7 Å². The summed E-state index contributed by atoms with van der Waals surface area (Å²) in [6.07, 6.45) is 0.873. The first-order chi connectivity index (χ1) is 10.0. The summed E-state index contributed by atoms with van der Waals surface area (Å²) in [5.74, 6) is -1.25. The lowest BCUT2D eigenvalue weighted by atomic mass is 10.2. The smallest absolute Gasteiger partial charge is 0.348 e. The zero-order chi connectivity index (χ0) is 15.7. The van der Waals surface area contributed by atoms with Gasteiger partial charge in [0.05, 0.1) is 0 Å². The number of guanidine groups is 1. The van der Waals surface area contributed by atoms with E-state index in [9.17, 15) is 9.59 Å². The van der Waals surface area contributed by atoms with E-state index in [0.29, 0.717) is 24.9 Å². The van der Waals surface area contributed by atoms with Crippen LogP contribution >= 0.6 is 0 Å². The van der Waals surface area contributed by atoms with Crippen LogP contribution in [-0.2, 0) is 9.63 Å². The van der Waals surface area contributed by atoms with E-state index >= 15 is 0 Å². The quantitative estimate of drug-likeness (QED) is 0.235. The molecule has 1 aromatic carbocycles. The molecule has 8 heteroatoms. The Hall–Kier alpha value is -2.61. The number of nitrogens with one attached hydrogen (secondary N) is 1. The lowest BCUT2D eigenvalue weighted by Crippen LogP contribution is -2.38. The number of nitrogens with two attached hydrogens (primary N) is 3. The van der Waals surface area contributed by atoms with Crippen LogP contribution in [0.4, 0.5) is 0 Å². The molecule has 1 atom stereocenters. The molecule has 0 saturated heterocycles. The summed E-state index contributed by atoms with van der Waals surface area (Å²) in [6.45, 7) is 0.375. The number of benzene rings is 1. The predicted octanol–water partition coefficient (Wildman–Crippen LogP) is -0.744. The second-order valence-electron chi connectivity index (χ2n) is 4.27. The molecule has 0 fully saturated rings. The van der Waals surface area contributed by atoms with Gasteiger partial charge in [0, 0.05) is 12.1 Å². The van der Waals surface area contributed by atoms with Crippen molar-refractivity contribution in [1.29, 1.82) is 0 Å². The SMILES string of the molecule is NC(N)=NCCCC(N)C(=O)ONC(=O)c1ccccc1. The normalized spacial score (nSPS) is 11.3. The van der Waals surface area contributed by atoms with E-state index in [-0.39, 0.29) is 5.96 Å². The van der Waals surface area contributed by atoms with Crippen molar-refractivity contribution in [2.45, 2.75) is 18.9 Å². The van der Waals surface area contributed by atoms with Crippen LogP contribution in [0.3, 0.4) is 0 Å². The number of rotatable bonds is 6. The number of aliphatic imine (C=N–C) groups is 1. The minimum absolute atomic E-state index is 0.0127. The maximum atomic E-state index is 11.6. The van der Waals surface area contributed by atoms with Crippen molar-refractivity contribution >= 4 is 17.8 Å². The van der Waals surface area contributed by atoms with E-state index in [1.54, 1.807) is 30.3 Å². The lowest BCUT2D eigenvalue weighted by Gasteiger charge is -2.10. The number of hydrogen-bond donors (Lipinski definition) is 4. The molecule has 0 aliphatic rings. The molecular weight excluding hydrogens is 274 g/mol. The molecule has 0 aliphatic carbocycles. The summed E-state index contributed by atoms with van der Waals surface area (Å²) in [4.78, 5) is 31.6. The molecule has 0 saturated carbocycles. The molecule has 0 radical (unpaired) electrons. The Bertz CT molecular complexity index is 500. The maximum Gasteiger partial charge on any atom is 0.348 e. The molecule has 1 amide bonds. The first-order valence-corrected chi connectivity index (χ1v) is 6.37. The Morgan fingerprint density at radius 3 is 2.52 bits per heavy atom. The van der Waals surface area contributed by atoms with Crippen LogP contribution in [0.15, 0.2) is 35.3 Å². The number of carbonyl (C=O) groups is 2. The van der Waals surface area contributed by atoms with Gasteiger partial charge >= 0.3 is 5.97 Å². The summed E-state index contributed by atoms with van der Waals surface area (Å²) >= 11 is 0. The van der Waals surface area contributed by atoms with Gasteiger partial charge in [0.15, 0.2) is 5.96 Å². The number of hydrogen-bond acceptors (Lipinski definition) is 5. The predicted molar refractivity (Wildman–Crippen MR) is 77.9 cm³/mol. The standard InChI is InChI=1S/C13H19N5O3/c14-10(7-4-8-17-13(15)16)12(20)21-18-11(19)9-5-2-1-3-6-9/h1-3,5-6,10H,4,7-8,14H2,(H,18,19)(H4,15,16,17). The number of carbonyl (C=O) groups excluding carboxylic acids is 2. The highest BCUT2D eigenvalue weighted by molar-refractivity contribution is 5.94. The Kier molecular flexibility index (Phi) is 6.69. The van der Waals surface area contributed by atoms with Gasteiger partial charge in [0.25, 0.3) is 5.91 Å². The monoisotopic (exact) mass is 293 g/mol. The van der Waals surface area contributed by atoms with Gasteiger partial charge in [-0.05, 0) is 25.0 Å². The highest BCUT2D eigenvalue weighted by Crippen LogP contribution is 2.00. The second-order valence-corrected chi connectivity index (χ2v) is 4.27. The number of amides is 1. The number of hydroxylamine groups is 1. The highest BCUT2D eigenvalue weighted by Gasteiger charge is 2.16. The zero-order valence-corrected chi connectivity index (χ0v) is 11.5. The third-order valence-corrected chi connectivity index (χ3v) is 2.55. The summed E-state index contributed by atoms with van der Waals surface area (Å²) in [5, 5.41) is 0. The Morgan fingerprint density at radius 2 is 1.90 bits per heavy atom. The average molecular weight is 293 g/mol. The van der Waals surface area contributed by atoms with E-state index in [0.717, 1.165) is 0 Å². The van der Waals surface area contributed by atoms with Gasteiger partial charge in [-0.3, -0.25) is 9.79 Å². The molecule has 114 valence electrons. The van der Waals surface area contributed by atoms with Gasteiger partial charge in [0.2, 0.25) is 0 Å². The van der Waals surface area contributed by atoms with Crippen molar-refractivity contribution in [1.82, 2.24) is 5.48 Å². The maximum absolute atomic E-state index is 11.6. The van der Waals surface area contributed by atoms with Crippen LogP contribution in [0.2, 0.25) is 0 Å². The summed E-state index contributed by atoms with van der Waals surface area (Å²) in [7, 11) is 0. The van der Waals surface area contributed by atoms with Gasteiger partial charge in [-0.15, -0.1) is 0 Å². The summed E-state index contributed by atoms with van der Waals surface area (Å²) in [5.41, 5.74) is 18.4. The summed E-state index contributed by atoms with van der Waals surface area (Å²) < 4.78 is 0. The zero-order valence-electron chi connectivity index (χ0n) is 11.5. The molecule has 0 heterocycles. The first-order valence-electron chi connectivity index (χ1n) is 6.37. The van der Waals surface area contributed by atoms with Gasteiger partial charge < -0.3 is 22.0 Å². The molecule has 7 N–H and O–H groups in total. The largest absolute Gasteiger partial charge is 0.370 e. The number of nitrogens with zero attached hydrogens (tertiary/aromatic N) is 1. The first kappa shape index (κ1) is 16.4. The van der Waals surface area contributed by atoms with Crippen molar-refractivity contribution in [3.63, 3.8) is 0 Å². The van der Waals surface area contributed by atoms with E-state index in [1.807, 2.05) is 0 Å². The highest BCUT2D eigenvalue weighted by atomic mass is 16.7. The molecule has 0 bridgehead atoms. The van der Waals surface area contributed by atoms with Crippen LogP contribution in [0.1, 0.15) is 23.2 Å². The minimum atomic E-state index is -0.852. The molecule has 0 aliphatic heterocycles. The molecule has 1 unspecified atom stereocenters. The molecule has 1 aromatic rings. The van der Waals surface area contributed by atoms with Crippen molar-refractivity contribution in [3.8, 4) is 0 Å². The van der Waals surface area contributed by atoms with Crippen molar-refractivity contribution in [2.24, 2.45) is 22.2 Å². The molecule has 1 rings (SSSR count). The van der Waals surface area contributed by atoms with Crippen LogP contribution in [0, 0.1) is 0 Å². The molecule has 8 nitrogen and oxygen atoms in total. The van der Waals surface area contributed by atoms with Crippen molar-refractivity contribution in [3.05, 3.63) is 35.9 Å². The van der Waals surface area contributed by atoms with Gasteiger partial charge in [-0.2, -0.15) is 5.48 Å². The van der Waals surface area contributed by atoms with Gasteiger partial charge in [-0.25, -0.2) is 4.79 Å². The van der Waals surface area contributed by atoms with Crippen LogP contribution in [-0.4, -0.2) is 30.4 Å². The van der Waals surface area contributed by atoms with E-state index in [4.69, 9.17) is 17.2 Å². The van der Waals surface area contributed by atoms with Crippen molar-refractivity contribution in [2.75, 3.05) is 6.54 Å². The minimum Gasteiger partial charge on any atom is -0.370 e. The molecule has 0 spiro atoms. The molecular formula is C13H19N5O3. The van der Waals surface area contributed by atoms with E-state index in [1.165, 1.54) is 0 Å². The second kappa shape index (κ2) is 8.54. The molecule has 0 aromatic heterocycles. The lowest BCUT2D eigenvalue weighted by molar-refractivity contribution is -0.150. The van der Waals surface area contributed by atoms with Gasteiger partial charge in [0.1, 0.15) is 6.04 Å². The van der Waals surface area contributed by atoms with Crippen LogP contribution in [0.5, 0.6) is 0 Å². The Labute approximate surface area is 122 Å². The van der Waals surface area contributed by atoms with Gasteiger partial charge in [-0.1, -0.05) is 18.2 Å². The topological polar surface area (TPSA) is 146 Å². The van der Waals surface area contributed by atoms with E-state index in [2.05, 4.69) is 15.3 Å². The van der Waals surface area contributed by atoms with Crippen molar-refractivity contribution < 1.29 is 14.4 Å². The Morgan fingerprint density at radius 1 is 1.24 bits per heavy atom. The Balaban J connectivity index is 2.29. The average Bonchev–Trinajstić information content (AvgIpc) is 2.49. The molecule has 21 heavy (non-hydrogen) atoms. The fourth-order valence-electron chi connectivity index (χ4n) is 1.46. The fourth-order valence-corrected chi connectivity index (χ4v) is 1.46. The third-order valence-electron chi connectivity index (χ3n) is 2.55. The van der Waals surface area contributed by atoms with Crippen LogP contribution in [0.25, 0.3) is 0 Å². The summed E-state index contributed by atoms with van der Waals surface area (Å²) in [6, 6.07) is 7.51. The van der Waals surface area contributed by atoms with E-state index < -0.39 is 17.9 Å². The fraction of sp³-hybridized carbons (Fsp3) is 0.308.